The van der Waals surface area contributed by atoms with Gasteiger partial charge < -0.3 is 19.2 Å². The first-order valence-electron chi connectivity index (χ1n) is 8.74. The van der Waals surface area contributed by atoms with Crippen LogP contribution in [0.25, 0.3) is 0 Å². The molecule has 6 nitrogen and oxygen atoms in total. The van der Waals surface area contributed by atoms with Gasteiger partial charge in [0, 0.05) is 29.2 Å². The van der Waals surface area contributed by atoms with E-state index in [0.717, 1.165) is 11.3 Å². The Bertz CT molecular complexity index is 896. The van der Waals surface area contributed by atoms with Gasteiger partial charge in [-0.15, -0.1) is 0 Å². The van der Waals surface area contributed by atoms with Crippen LogP contribution in [0.2, 0.25) is 0 Å². The lowest BCUT2D eigenvalue weighted by Gasteiger charge is -2.24. The van der Waals surface area contributed by atoms with Crippen molar-refractivity contribution in [2.45, 2.75) is 25.7 Å². The van der Waals surface area contributed by atoms with Crippen LogP contribution in [0.3, 0.4) is 0 Å². The predicted octanol–water partition coefficient (Wildman–Crippen LogP) is 3.60. The number of carbonyl (C=O) groups excluding carboxylic acids is 2. The molecule has 0 amide bonds. The van der Waals surface area contributed by atoms with Gasteiger partial charge in [0.25, 0.3) is 0 Å². The van der Waals surface area contributed by atoms with E-state index >= 15 is 0 Å². The zero-order chi connectivity index (χ0) is 19.6. The van der Waals surface area contributed by atoms with Crippen molar-refractivity contribution in [3.63, 3.8) is 0 Å². The van der Waals surface area contributed by atoms with Gasteiger partial charge in [-0.3, -0.25) is 4.79 Å². The van der Waals surface area contributed by atoms with E-state index in [9.17, 15) is 9.59 Å². The number of rotatable bonds is 6. The average molecular weight is 369 g/mol. The van der Waals surface area contributed by atoms with Crippen LogP contribution in [-0.2, 0) is 11.2 Å². The van der Waals surface area contributed by atoms with Crippen LogP contribution in [0.15, 0.2) is 30.9 Å². The second kappa shape index (κ2) is 7.70. The van der Waals surface area contributed by atoms with Crippen molar-refractivity contribution in [3.8, 4) is 11.5 Å². The van der Waals surface area contributed by atoms with Gasteiger partial charge in [0.15, 0.2) is 5.78 Å². The molecule has 1 unspecified atom stereocenters. The fourth-order valence-electron chi connectivity index (χ4n) is 3.62. The van der Waals surface area contributed by atoms with Crippen molar-refractivity contribution in [1.82, 2.24) is 4.98 Å². The van der Waals surface area contributed by atoms with Gasteiger partial charge in [0.05, 0.1) is 14.2 Å². The fourth-order valence-corrected chi connectivity index (χ4v) is 3.62. The summed E-state index contributed by atoms with van der Waals surface area (Å²) in [6.07, 6.45) is 2.45. The number of fused-ring (bicyclic) bond motifs is 1. The summed E-state index contributed by atoms with van der Waals surface area (Å²) >= 11 is 0. The molecule has 1 aromatic heterocycles. The van der Waals surface area contributed by atoms with E-state index in [1.54, 1.807) is 21.1 Å². The largest absolute Gasteiger partial charge is 0.497 e. The van der Waals surface area contributed by atoms with E-state index < -0.39 is 5.97 Å². The molecule has 6 heteroatoms. The summed E-state index contributed by atoms with van der Waals surface area (Å²) in [4.78, 5) is 28.2. The third kappa shape index (κ3) is 3.47. The second-order valence-corrected chi connectivity index (χ2v) is 6.50. The Hall–Kier alpha value is -3.02. The minimum absolute atomic E-state index is 0.00245. The van der Waals surface area contributed by atoms with Gasteiger partial charge in [0.2, 0.25) is 0 Å². The number of Topliss-reactive ketones (excluding diaryl/α,β-unsaturated/α-hetero) is 1. The molecular weight excluding hydrogens is 346 g/mol. The van der Waals surface area contributed by atoms with Crippen LogP contribution in [-0.4, -0.2) is 37.6 Å². The number of ether oxygens (including phenoxy) is 3. The van der Waals surface area contributed by atoms with E-state index in [0.29, 0.717) is 41.2 Å². The summed E-state index contributed by atoms with van der Waals surface area (Å²) in [6.45, 7) is 5.43. The van der Waals surface area contributed by atoms with Gasteiger partial charge in [-0.25, -0.2) is 4.79 Å². The van der Waals surface area contributed by atoms with E-state index in [1.165, 1.54) is 6.08 Å². The Kier molecular flexibility index (Phi) is 5.35. The first-order valence-corrected chi connectivity index (χ1v) is 8.74. The minimum atomic E-state index is -0.481. The molecule has 0 radical (unpaired) electrons. The van der Waals surface area contributed by atoms with Crippen LogP contribution in [0.1, 0.15) is 50.0 Å². The number of ketones is 1. The van der Waals surface area contributed by atoms with Gasteiger partial charge in [-0.05, 0) is 37.1 Å². The Labute approximate surface area is 158 Å². The summed E-state index contributed by atoms with van der Waals surface area (Å²) < 4.78 is 15.9. The molecule has 1 heterocycles. The predicted molar refractivity (Wildman–Crippen MR) is 101 cm³/mol. The molecule has 1 N–H and O–H groups in total. The molecule has 0 bridgehead atoms. The second-order valence-electron chi connectivity index (χ2n) is 6.50. The first kappa shape index (κ1) is 18.8. The number of hydrogen-bond acceptors (Lipinski definition) is 5. The number of aromatic nitrogens is 1. The lowest BCUT2D eigenvalue weighted by molar-refractivity contribution is 0.0542. The maximum absolute atomic E-state index is 12.8. The van der Waals surface area contributed by atoms with Gasteiger partial charge in [-0.2, -0.15) is 0 Å². The van der Waals surface area contributed by atoms with Crippen LogP contribution in [0.4, 0.5) is 0 Å². The summed E-state index contributed by atoms with van der Waals surface area (Å²) in [5, 5.41) is 0. The Morgan fingerprint density at radius 1 is 1.30 bits per heavy atom. The molecule has 0 aliphatic heterocycles. The number of benzene rings is 1. The maximum atomic E-state index is 12.8. The topological polar surface area (TPSA) is 77.6 Å². The Morgan fingerprint density at radius 2 is 2.07 bits per heavy atom. The van der Waals surface area contributed by atoms with Crippen molar-refractivity contribution in [1.29, 1.82) is 0 Å². The van der Waals surface area contributed by atoms with Crippen molar-refractivity contribution < 1.29 is 23.8 Å². The normalized spacial score (nSPS) is 15.8. The lowest BCUT2D eigenvalue weighted by Crippen LogP contribution is -2.19. The highest BCUT2D eigenvalue weighted by molar-refractivity contribution is 6.03. The molecular formula is C21H23NO5. The monoisotopic (exact) mass is 369 g/mol. The van der Waals surface area contributed by atoms with Gasteiger partial charge in [0.1, 0.15) is 23.8 Å². The summed E-state index contributed by atoms with van der Waals surface area (Å²) in [5.41, 5.74) is 3.23. The fraction of sp³-hybridized carbons (Fsp3) is 0.333. The molecule has 0 saturated carbocycles. The number of aromatic amines is 1. The zero-order valence-corrected chi connectivity index (χ0v) is 15.8. The molecule has 142 valence electrons. The van der Waals surface area contributed by atoms with Crippen molar-refractivity contribution >= 4 is 11.8 Å². The summed E-state index contributed by atoms with van der Waals surface area (Å²) in [6, 6.07) is 5.56. The van der Waals surface area contributed by atoms with E-state index in [2.05, 4.69) is 11.6 Å². The smallest absolute Gasteiger partial charge is 0.355 e. The molecule has 0 fully saturated rings. The van der Waals surface area contributed by atoms with E-state index in [1.807, 2.05) is 18.2 Å². The summed E-state index contributed by atoms with van der Waals surface area (Å²) in [5.74, 6) is 0.879. The SMILES string of the molecule is C=CCOC(=O)c1[nH]c2c(c1C)C(=O)CC(c1cc(OC)ccc1OC)C2. The third-order valence-corrected chi connectivity index (χ3v) is 4.90. The quantitative estimate of drug-likeness (QED) is 0.622. The molecule has 1 atom stereocenters. The number of hydrogen-bond donors (Lipinski definition) is 1. The Morgan fingerprint density at radius 3 is 2.74 bits per heavy atom. The van der Waals surface area contributed by atoms with Crippen LogP contribution >= 0.6 is 0 Å². The first-order chi connectivity index (χ1) is 13.0. The molecule has 1 aliphatic carbocycles. The maximum Gasteiger partial charge on any atom is 0.355 e. The highest BCUT2D eigenvalue weighted by Gasteiger charge is 2.33. The molecule has 27 heavy (non-hydrogen) atoms. The van der Waals surface area contributed by atoms with Crippen LogP contribution in [0.5, 0.6) is 11.5 Å². The van der Waals surface area contributed by atoms with Gasteiger partial charge in [-0.1, -0.05) is 12.7 Å². The summed E-state index contributed by atoms with van der Waals surface area (Å²) in [7, 11) is 3.21. The molecule has 2 aromatic rings. The van der Waals surface area contributed by atoms with Gasteiger partial charge >= 0.3 is 5.97 Å². The number of methoxy groups -OCH3 is 2. The zero-order valence-electron chi connectivity index (χ0n) is 15.8. The minimum Gasteiger partial charge on any atom is -0.497 e. The average Bonchev–Trinajstić information content (AvgIpc) is 3.02. The highest BCUT2D eigenvalue weighted by Crippen LogP contribution is 2.39. The standard InChI is InChI=1S/C21H23NO5/c1-5-8-27-21(24)20-12(2)19-16(22-20)9-13(10-17(19)23)15-11-14(25-3)6-7-18(15)26-4/h5-7,11,13,22H,1,8-10H2,2-4H3. The van der Waals surface area contributed by atoms with Crippen LogP contribution in [0, 0.1) is 6.92 Å². The number of nitrogens with one attached hydrogen (secondary N) is 1. The van der Waals surface area contributed by atoms with E-state index in [-0.39, 0.29) is 18.3 Å². The highest BCUT2D eigenvalue weighted by atomic mass is 16.5. The molecule has 0 spiro atoms. The van der Waals surface area contributed by atoms with Crippen molar-refractivity contribution in [3.05, 3.63) is 58.9 Å². The lowest BCUT2D eigenvalue weighted by atomic mass is 9.81. The molecule has 1 aromatic carbocycles. The third-order valence-electron chi connectivity index (χ3n) is 4.90. The molecule has 1 aliphatic rings. The van der Waals surface area contributed by atoms with Crippen LogP contribution < -0.4 is 9.47 Å². The number of carbonyl (C=O) groups is 2. The number of H-pyrrole nitrogens is 1. The van der Waals surface area contributed by atoms with Crippen molar-refractivity contribution in [2.75, 3.05) is 20.8 Å². The Balaban J connectivity index is 1.96. The van der Waals surface area contributed by atoms with E-state index in [4.69, 9.17) is 14.2 Å². The number of esters is 1. The molecule has 3 rings (SSSR count). The van der Waals surface area contributed by atoms with Crippen molar-refractivity contribution in [2.24, 2.45) is 0 Å². The molecule has 0 saturated heterocycles.